The predicted octanol–water partition coefficient (Wildman–Crippen LogP) is 2.68. The highest BCUT2D eigenvalue weighted by Crippen LogP contribution is 2.28. The quantitative estimate of drug-likeness (QED) is 0.878. The van der Waals surface area contributed by atoms with Crippen LogP contribution in [0.3, 0.4) is 0 Å². The van der Waals surface area contributed by atoms with Gasteiger partial charge < -0.3 is 5.32 Å². The van der Waals surface area contributed by atoms with E-state index in [1.54, 1.807) is 0 Å². The average molecular weight is 334 g/mol. The van der Waals surface area contributed by atoms with E-state index in [1.807, 2.05) is 10.9 Å². The van der Waals surface area contributed by atoms with Crippen molar-refractivity contribution in [1.29, 1.82) is 0 Å². The molecule has 128 valence electrons. The fraction of sp³-hybridized carbons (Fsp3) is 0.450. The summed E-state index contributed by atoms with van der Waals surface area (Å²) < 4.78 is 1.83. The second kappa shape index (κ2) is 6.72. The number of amides is 1. The molecule has 1 aliphatic carbocycles. The van der Waals surface area contributed by atoms with Crippen LogP contribution in [0.15, 0.2) is 24.4 Å². The molecule has 2 aromatic rings. The number of rotatable bonds is 3. The summed E-state index contributed by atoms with van der Waals surface area (Å²) in [6, 6.07) is 6.39. The molecule has 2 heterocycles. The van der Waals surface area contributed by atoms with Gasteiger partial charge in [0.2, 0.25) is 5.91 Å². The Balaban J connectivity index is 1.47. The van der Waals surface area contributed by atoms with Crippen LogP contribution in [0, 0.1) is 24.7 Å². The number of nitrogens with one attached hydrogen (secondary N) is 1. The van der Waals surface area contributed by atoms with Gasteiger partial charge in [0.15, 0.2) is 0 Å². The van der Waals surface area contributed by atoms with Gasteiger partial charge in [0.25, 0.3) is 0 Å². The number of carbonyl (C=O) groups is 1. The number of carbonyl (C=O) groups excluding carboxylic acids is 1. The molecule has 2 fully saturated rings. The molecule has 1 unspecified atom stereocenters. The Kier molecular flexibility index (Phi) is 4.27. The molecule has 0 radical (unpaired) electrons. The molecular weight excluding hydrogens is 312 g/mol. The summed E-state index contributed by atoms with van der Waals surface area (Å²) in [5.74, 6) is 7.30. The molecule has 1 atom stereocenters. The van der Waals surface area contributed by atoms with Gasteiger partial charge in [-0.1, -0.05) is 23.1 Å². The molecule has 0 bridgehead atoms. The van der Waals surface area contributed by atoms with E-state index in [-0.39, 0.29) is 11.9 Å². The fourth-order valence-electron chi connectivity index (χ4n) is 3.20. The molecule has 5 heteroatoms. The lowest BCUT2D eigenvalue weighted by Gasteiger charge is -2.22. The lowest BCUT2D eigenvalue weighted by Crippen LogP contribution is -2.41. The molecule has 1 saturated heterocycles. The Bertz CT molecular complexity index is 854. The second-order valence-electron chi connectivity index (χ2n) is 7.06. The van der Waals surface area contributed by atoms with Crippen LogP contribution in [0.25, 0.3) is 11.3 Å². The Morgan fingerprint density at radius 3 is 2.96 bits per heavy atom. The van der Waals surface area contributed by atoms with E-state index in [4.69, 9.17) is 0 Å². The van der Waals surface area contributed by atoms with E-state index in [9.17, 15) is 4.79 Å². The largest absolute Gasteiger partial charge is 0.352 e. The van der Waals surface area contributed by atoms with Crippen LogP contribution >= 0.6 is 0 Å². The van der Waals surface area contributed by atoms with Crippen LogP contribution in [0.2, 0.25) is 0 Å². The first kappa shape index (κ1) is 15.9. The molecule has 25 heavy (non-hydrogen) atoms. The van der Waals surface area contributed by atoms with Crippen molar-refractivity contribution in [2.24, 2.45) is 5.92 Å². The molecular formula is C20H22N4O. The molecule has 1 N–H and O–H groups in total. The van der Waals surface area contributed by atoms with E-state index in [0.717, 1.165) is 35.2 Å². The van der Waals surface area contributed by atoms with Gasteiger partial charge in [-0.15, -0.1) is 5.10 Å². The molecule has 4 rings (SSSR count). The molecule has 0 spiro atoms. The van der Waals surface area contributed by atoms with E-state index >= 15 is 0 Å². The first-order valence-corrected chi connectivity index (χ1v) is 8.99. The topological polar surface area (TPSA) is 59.8 Å². The first-order chi connectivity index (χ1) is 12.2. The van der Waals surface area contributed by atoms with Gasteiger partial charge >= 0.3 is 0 Å². The molecule has 1 aromatic heterocycles. The summed E-state index contributed by atoms with van der Waals surface area (Å²) in [7, 11) is 0. The van der Waals surface area contributed by atoms with Crippen LogP contribution in [-0.2, 0) is 11.3 Å². The minimum absolute atomic E-state index is 0.135. The second-order valence-corrected chi connectivity index (χ2v) is 7.06. The van der Waals surface area contributed by atoms with Crippen molar-refractivity contribution in [3.8, 4) is 23.1 Å². The van der Waals surface area contributed by atoms with Gasteiger partial charge in [-0.2, -0.15) is 0 Å². The minimum atomic E-state index is 0.135. The summed E-state index contributed by atoms with van der Waals surface area (Å²) in [6.07, 6.45) is 7.02. The van der Waals surface area contributed by atoms with Gasteiger partial charge in [0, 0.05) is 29.5 Å². The van der Waals surface area contributed by atoms with E-state index in [1.165, 1.54) is 12.8 Å². The van der Waals surface area contributed by atoms with Gasteiger partial charge in [-0.3, -0.25) is 4.79 Å². The van der Waals surface area contributed by atoms with Crippen LogP contribution in [0.1, 0.15) is 43.2 Å². The number of piperidine rings is 1. The Morgan fingerprint density at radius 1 is 1.32 bits per heavy atom. The highest BCUT2D eigenvalue weighted by Gasteiger charge is 2.19. The summed E-state index contributed by atoms with van der Waals surface area (Å²) in [5.41, 5.74) is 4.16. The highest BCUT2D eigenvalue weighted by molar-refractivity contribution is 5.76. The number of nitrogens with zero attached hydrogens (tertiary/aromatic N) is 3. The summed E-state index contributed by atoms with van der Waals surface area (Å²) in [4.78, 5) is 11.5. The van der Waals surface area contributed by atoms with Crippen molar-refractivity contribution in [3.63, 3.8) is 0 Å². The zero-order chi connectivity index (χ0) is 17.2. The zero-order valence-corrected chi connectivity index (χ0v) is 14.5. The van der Waals surface area contributed by atoms with E-state index in [2.05, 4.69) is 52.6 Å². The Morgan fingerprint density at radius 2 is 2.20 bits per heavy atom. The molecule has 1 amide bonds. The minimum Gasteiger partial charge on any atom is -0.352 e. The fourth-order valence-corrected chi connectivity index (χ4v) is 3.20. The third kappa shape index (κ3) is 3.90. The van der Waals surface area contributed by atoms with Gasteiger partial charge in [0.05, 0.1) is 12.7 Å². The monoisotopic (exact) mass is 334 g/mol. The van der Waals surface area contributed by atoms with Crippen LogP contribution in [0.5, 0.6) is 0 Å². The number of hydrogen-bond donors (Lipinski definition) is 1. The average Bonchev–Trinajstić information content (AvgIpc) is 3.31. The van der Waals surface area contributed by atoms with Crippen molar-refractivity contribution >= 4 is 5.91 Å². The summed E-state index contributed by atoms with van der Waals surface area (Å²) in [5, 5.41) is 11.6. The van der Waals surface area contributed by atoms with E-state index < -0.39 is 0 Å². The van der Waals surface area contributed by atoms with Gasteiger partial charge in [-0.25, -0.2) is 4.68 Å². The maximum absolute atomic E-state index is 11.5. The standard InChI is InChI=1S/C20H22N4O/c1-14-11-16(8-7-15-5-6-15)9-10-18(14)19-13-24(23-22-19)12-17-3-2-4-20(25)21-17/h9-11,13,15,17H,2-6,12H2,1H3,(H,21,25). The normalized spacial score (nSPS) is 19.9. The van der Waals surface area contributed by atoms with Crippen molar-refractivity contribution in [2.75, 3.05) is 0 Å². The molecule has 1 aliphatic heterocycles. The highest BCUT2D eigenvalue weighted by atomic mass is 16.1. The maximum atomic E-state index is 11.5. The number of hydrogen-bond acceptors (Lipinski definition) is 3. The Labute approximate surface area is 147 Å². The van der Waals surface area contributed by atoms with Gasteiger partial charge in [-0.05, 0) is 50.3 Å². The predicted molar refractivity (Wildman–Crippen MR) is 95.6 cm³/mol. The van der Waals surface area contributed by atoms with Crippen LogP contribution < -0.4 is 5.32 Å². The number of aryl methyl sites for hydroxylation is 1. The lowest BCUT2D eigenvalue weighted by molar-refractivity contribution is -0.123. The molecule has 5 nitrogen and oxygen atoms in total. The maximum Gasteiger partial charge on any atom is 0.220 e. The van der Waals surface area contributed by atoms with Crippen molar-refractivity contribution in [1.82, 2.24) is 20.3 Å². The number of benzene rings is 1. The third-order valence-electron chi connectivity index (χ3n) is 4.77. The first-order valence-electron chi connectivity index (χ1n) is 8.99. The number of aromatic nitrogens is 3. The van der Waals surface area contributed by atoms with Crippen molar-refractivity contribution in [2.45, 2.75) is 51.6 Å². The zero-order valence-electron chi connectivity index (χ0n) is 14.5. The van der Waals surface area contributed by atoms with E-state index in [0.29, 0.717) is 18.9 Å². The molecule has 2 aliphatic rings. The van der Waals surface area contributed by atoms with Gasteiger partial charge in [0.1, 0.15) is 5.69 Å². The van der Waals surface area contributed by atoms with Crippen LogP contribution in [0.4, 0.5) is 0 Å². The lowest BCUT2D eigenvalue weighted by atomic mass is 10.0. The third-order valence-corrected chi connectivity index (χ3v) is 4.77. The molecule has 1 aromatic carbocycles. The Hall–Kier alpha value is -2.61. The smallest absolute Gasteiger partial charge is 0.220 e. The van der Waals surface area contributed by atoms with Crippen molar-refractivity contribution in [3.05, 3.63) is 35.5 Å². The SMILES string of the molecule is Cc1cc(C#CC2CC2)ccc1-c1cn(CC2CCCC(=O)N2)nn1. The molecule has 1 saturated carbocycles. The summed E-state index contributed by atoms with van der Waals surface area (Å²) >= 11 is 0. The van der Waals surface area contributed by atoms with Crippen molar-refractivity contribution < 1.29 is 4.79 Å². The summed E-state index contributed by atoms with van der Waals surface area (Å²) in [6.45, 7) is 2.75. The van der Waals surface area contributed by atoms with Crippen LogP contribution in [-0.4, -0.2) is 26.9 Å².